The van der Waals surface area contributed by atoms with Gasteiger partial charge in [-0.05, 0) is 35.7 Å². The fourth-order valence-electron chi connectivity index (χ4n) is 3.25. The largest absolute Gasteiger partial charge is 0.371 e. The second-order valence-electron chi connectivity index (χ2n) is 6.45. The zero-order valence-corrected chi connectivity index (χ0v) is 14.7. The Morgan fingerprint density at radius 3 is 3.15 bits per heavy atom. The predicted molar refractivity (Wildman–Crippen MR) is 97.6 cm³/mol. The van der Waals surface area contributed by atoms with Crippen molar-refractivity contribution in [2.75, 3.05) is 19.8 Å². The highest BCUT2D eigenvalue weighted by Gasteiger charge is 2.20. The van der Waals surface area contributed by atoms with Gasteiger partial charge >= 0.3 is 0 Å². The highest BCUT2D eigenvalue weighted by atomic mass is 19.1. The second kappa shape index (κ2) is 7.85. The number of fused-ring (bicyclic) bond motifs is 2. The molecule has 1 atom stereocenters. The summed E-state index contributed by atoms with van der Waals surface area (Å²) in [4.78, 5) is 19.3. The molecule has 0 fully saturated rings. The third-order valence-electron chi connectivity index (χ3n) is 4.54. The van der Waals surface area contributed by atoms with E-state index in [2.05, 4.69) is 21.4 Å². The van der Waals surface area contributed by atoms with E-state index in [4.69, 9.17) is 9.47 Å². The lowest BCUT2D eigenvalue weighted by Crippen LogP contribution is -2.34. The normalized spacial score (nSPS) is 16.3. The number of benzene rings is 2. The second-order valence-corrected chi connectivity index (χ2v) is 6.45. The molecule has 2 N–H and O–H groups in total. The van der Waals surface area contributed by atoms with Crippen molar-refractivity contribution in [1.82, 2.24) is 15.3 Å². The monoisotopic (exact) mass is 369 g/mol. The summed E-state index contributed by atoms with van der Waals surface area (Å²) in [5.41, 5.74) is 3.65. The fourth-order valence-corrected chi connectivity index (χ4v) is 3.25. The van der Waals surface area contributed by atoms with E-state index in [0.29, 0.717) is 30.0 Å². The number of carbonyl (C=O) groups is 1. The van der Waals surface area contributed by atoms with Gasteiger partial charge in [-0.2, -0.15) is 0 Å². The number of aromatic nitrogens is 2. The van der Waals surface area contributed by atoms with Crippen molar-refractivity contribution in [3.63, 3.8) is 0 Å². The summed E-state index contributed by atoms with van der Waals surface area (Å²) in [6.45, 7) is 1.12. The van der Waals surface area contributed by atoms with Gasteiger partial charge in [0.2, 0.25) is 5.91 Å². The van der Waals surface area contributed by atoms with Crippen molar-refractivity contribution in [2.24, 2.45) is 0 Å². The van der Waals surface area contributed by atoms with Crippen LogP contribution in [0.3, 0.4) is 0 Å². The first-order valence-corrected chi connectivity index (χ1v) is 8.87. The Morgan fingerprint density at radius 2 is 2.22 bits per heavy atom. The molecular weight excluding hydrogens is 349 g/mol. The molecule has 1 aromatic heterocycles. The first-order valence-electron chi connectivity index (χ1n) is 8.87. The molecule has 140 valence electrons. The number of imidazole rings is 1. The summed E-state index contributed by atoms with van der Waals surface area (Å²) in [6.07, 6.45) is 0.759. The first-order chi connectivity index (χ1) is 13.2. The standard InChI is InChI=1S/C20H20FN3O3/c21-14-5-6-16-17(9-14)24-19(23-16)11-26-12-20(25)22-10-18-15-4-2-1-3-13(15)7-8-27-18/h1-6,9,18H,7-8,10-12H2,(H,22,25)(H,23,24)/t18-/m0/s1. The number of aromatic amines is 1. The minimum atomic E-state index is -0.329. The van der Waals surface area contributed by atoms with Crippen LogP contribution < -0.4 is 5.32 Å². The van der Waals surface area contributed by atoms with Crippen molar-refractivity contribution in [2.45, 2.75) is 19.1 Å². The number of nitrogens with one attached hydrogen (secondary N) is 2. The summed E-state index contributed by atoms with van der Waals surface area (Å²) in [5, 5.41) is 2.84. The molecule has 0 spiro atoms. The lowest BCUT2D eigenvalue weighted by Gasteiger charge is -2.26. The van der Waals surface area contributed by atoms with Crippen molar-refractivity contribution < 1.29 is 18.7 Å². The lowest BCUT2D eigenvalue weighted by molar-refractivity contribution is -0.126. The summed E-state index contributed by atoms with van der Waals surface area (Å²) in [7, 11) is 0. The number of carbonyl (C=O) groups excluding carboxylic acids is 1. The van der Waals surface area contributed by atoms with Gasteiger partial charge in [-0.3, -0.25) is 4.79 Å². The van der Waals surface area contributed by atoms with Gasteiger partial charge < -0.3 is 19.8 Å². The Hall–Kier alpha value is -2.77. The van der Waals surface area contributed by atoms with Gasteiger partial charge in [-0.25, -0.2) is 9.37 Å². The molecule has 0 bridgehead atoms. The van der Waals surface area contributed by atoms with Crippen LogP contribution in [0.5, 0.6) is 0 Å². The Balaban J connectivity index is 1.25. The molecule has 1 aliphatic rings. The Labute approximate surface area is 155 Å². The number of H-pyrrole nitrogens is 1. The lowest BCUT2D eigenvalue weighted by atomic mass is 9.97. The van der Waals surface area contributed by atoms with Crippen molar-refractivity contribution >= 4 is 16.9 Å². The Morgan fingerprint density at radius 1 is 1.33 bits per heavy atom. The molecule has 1 aliphatic heterocycles. The smallest absolute Gasteiger partial charge is 0.246 e. The number of halogens is 1. The average Bonchev–Trinajstić information content (AvgIpc) is 3.08. The zero-order chi connectivity index (χ0) is 18.6. The maximum atomic E-state index is 13.2. The average molecular weight is 369 g/mol. The van der Waals surface area contributed by atoms with E-state index in [9.17, 15) is 9.18 Å². The molecule has 3 aromatic rings. The maximum absolute atomic E-state index is 13.2. The van der Waals surface area contributed by atoms with Crippen LogP contribution in [0, 0.1) is 5.82 Å². The molecule has 2 aromatic carbocycles. The summed E-state index contributed by atoms with van der Waals surface area (Å²) in [6, 6.07) is 12.4. The number of hydrogen-bond donors (Lipinski definition) is 2. The van der Waals surface area contributed by atoms with Crippen LogP contribution in [0.4, 0.5) is 4.39 Å². The SMILES string of the molecule is O=C(COCc1nc2ccc(F)cc2[nH]1)NC[C@@H]1OCCc2ccccc21. The molecular formula is C20H20FN3O3. The Bertz CT molecular complexity index is 957. The highest BCUT2D eigenvalue weighted by Crippen LogP contribution is 2.26. The number of amides is 1. The van der Waals surface area contributed by atoms with Crippen molar-refractivity contribution in [3.8, 4) is 0 Å². The molecule has 1 amide bonds. The van der Waals surface area contributed by atoms with E-state index >= 15 is 0 Å². The molecule has 0 unspecified atom stereocenters. The van der Waals surface area contributed by atoms with E-state index in [-0.39, 0.29) is 31.0 Å². The van der Waals surface area contributed by atoms with Gasteiger partial charge in [-0.1, -0.05) is 24.3 Å². The van der Waals surface area contributed by atoms with Gasteiger partial charge in [-0.15, -0.1) is 0 Å². The topological polar surface area (TPSA) is 76.2 Å². The summed E-state index contributed by atoms with van der Waals surface area (Å²) in [5.74, 6) is 0.00116. The van der Waals surface area contributed by atoms with E-state index in [1.807, 2.05) is 18.2 Å². The van der Waals surface area contributed by atoms with Crippen LogP contribution >= 0.6 is 0 Å². The van der Waals surface area contributed by atoms with Crippen LogP contribution in [-0.4, -0.2) is 35.6 Å². The third kappa shape index (κ3) is 4.15. The molecule has 0 saturated carbocycles. The summed E-state index contributed by atoms with van der Waals surface area (Å²) >= 11 is 0. The zero-order valence-electron chi connectivity index (χ0n) is 14.7. The van der Waals surface area contributed by atoms with Crippen LogP contribution in [0.2, 0.25) is 0 Å². The van der Waals surface area contributed by atoms with E-state index in [0.717, 1.165) is 12.0 Å². The third-order valence-corrected chi connectivity index (χ3v) is 4.54. The minimum Gasteiger partial charge on any atom is -0.371 e. The van der Waals surface area contributed by atoms with E-state index < -0.39 is 0 Å². The highest BCUT2D eigenvalue weighted by molar-refractivity contribution is 5.77. The van der Waals surface area contributed by atoms with Gasteiger partial charge in [0.15, 0.2) is 0 Å². The van der Waals surface area contributed by atoms with Gasteiger partial charge in [0.1, 0.15) is 31.0 Å². The number of hydrogen-bond acceptors (Lipinski definition) is 4. The summed E-state index contributed by atoms with van der Waals surface area (Å²) < 4.78 is 24.4. The molecule has 6 nitrogen and oxygen atoms in total. The van der Waals surface area contributed by atoms with Gasteiger partial charge in [0.25, 0.3) is 0 Å². The van der Waals surface area contributed by atoms with Gasteiger partial charge in [0.05, 0.1) is 17.6 Å². The quantitative estimate of drug-likeness (QED) is 0.700. The van der Waals surface area contributed by atoms with Crippen LogP contribution in [-0.2, 0) is 27.3 Å². The predicted octanol–water partition coefficient (Wildman–Crippen LogP) is 2.65. The molecule has 0 saturated heterocycles. The maximum Gasteiger partial charge on any atom is 0.246 e. The van der Waals surface area contributed by atoms with E-state index in [1.54, 1.807) is 6.07 Å². The number of nitrogens with zero attached hydrogens (tertiary/aromatic N) is 1. The molecule has 7 heteroatoms. The minimum absolute atomic E-state index is 0.0836. The molecule has 0 aliphatic carbocycles. The van der Waals surface area contributed by atoms with Crippen molar-refractivity contribution in [1.29, 1.82) is 0 Å². The fraction of sp³-hybridized carbons (Fsp3) is 0.300. The molecule has 4 rings (SSSR count). The van der Waals surface area contributed by atoms with Crippen molar-refractivity contribution in [3.05, 3.63) is 65.2 Å². The number of ether oxygens (including phenoxy) is 2. The molecule has 0 radical (unpaired) electrons. The molecule has 27 heavy (non-hydrogen) atoms. The first kappa shape index (κ1) is 17.6. The number of rotatable bonds is 6. The van der Waals surface area contributed by atoms with Crippen LogP contribution in [0.15, 0.2) is 42.5 Å². The van der Waals surface area contributed by atoms with Gasteiger partial charge in [0, 0.05) is 6.54 Å². The Kier molecular flexibility index (Phi) is 5.13. The molecule has 2 heterocycles. The van der Waals surface area contributed by atoms with Crippen LogP contribution in [0.1, 0.15) is 23.1 Å². The van der Waals surface area contributed by atoms with E-state index in [1.165, 1.54) is 17.7 Å². The van der Waals surface area contributed by atoms with Crippen LogP contribution in [0.25, 0.3) is 11.0 Å².